The topological polar surface area (TPSA) is 87.0 Å². The molecule has 4 fully saturated rings. The molecule has 4 heterocycles. The highest BCUT2D eigenvalue weighted by atomic mass is 16.6. The van der Waals surface area contributed by atoms with Crippen molar-refractivity contribution in [3.05, 3.63) is 119 Å². The molecule has 8 nitrogen and oxygen atoms in total. The number of hydrogen-bond acceptors (Lipinski definition) is 8. The first kappa shape index (κ1) is 31.2. The average molecular weight is 651 g/mol. The molecule has 250 valence electrons. The first-order chi connectivity index (χ1) is 23.7. The number of epoxide rings is 4. The van der Waals surface area contributed by atoms with Crippen LogP contribution in [-0.2, 0) is 18.9 Å². The minimum Gasteiger partial charge on any atom is -0.491 e. The van der Waals surface area contributed by atoms with Crippen LogP contribution in [0.5, 0.6) is 23.0 Å². The summed E-state index contributed by atoms with van der Waals surface area (Å²) in [6.45, 7) is 5.39. The Morgan fingerprint density at radius 2 is 0.750 bits per heavy atom. The van der Waals surface area contributed by atoms with Gasteiger partial charge in [-0.3, -0.25) is 0 Å². The Kier molecular flexibility index (Phi) is 9.48. The van der Waals surface area contributed by atoms with Gasteiger partial charge in [-0.05, 0) is 83.6 Å². The van der Waals surface area contributed by atoms with E-state index in [2.05, 4.69) is 78.9 Å². The molecule has 0 aliphatic carbocycles. The fourth-order valence-corrected chi connectivity index (χ4v) is 6.06. The van der Waals surface area contributed by atoms with Crippen molar-refractivity contribution >= 4 is 0 Å². The summed E-state index contributed by atoms with van der Waals surface area (Å²) in [5, 5.41) is 0. The van der Waals surface area contributed by atoms with Crippen LogP contribution in [-0.4, -0.2) is 77.3 Å². The molecule has 0 saturated carbocycles. The second-order valence-corrected chi connectivity index (χ2v) is 13.0. The van der Waals surface area contributed by atoms with Gasteiger partial charge in [0.1, 0.15) is 73.8 Å². The minimum absolute atomic E-state index is 0.113. The van der Waals surface area contributed by atoms with Crippen molar-refractivity contribution in [3.8, 4) is 23.0 Å². The lowest BCUT2D eigenvalue weighted by molar-refractivity contribution is 0.262. The van der Waals surface area contributed by atoms with Crippen LogP contribution >= 0.6 is 0 Å². The molecule has 8 heteroatoms. The fraction of sp³-hybridized carbons (Fsp3) is 0.400. The molecule has 8 rings (SSSR count). The van der Waals surface area contributed by atoms with Gasteiger partial charge in [-0.15, -0.1) is 0 Å². The van der Waals surface area contributed by atoms with Gasteiger partial charge in [-0.2, -0.15) is 0 Å². The lowest BCUT2D eigenvalue weighted by atomic mass is 9.81. The van der Waals surface area contributed by atoms with Crippen LogP contribution in [0.15, 0.2) is 97.1 Å². The molecule has 0 N–H and O–H groups in total. The van der Waals surface area contributed by atoms with Gasteiger partial charge in [0.05, 0.1) is 26.4 Å². The largest absolute Gasteiger partial charge is 0.491 e. The van der Waals surface area contributed by atoms with Crippen molar-refractivity contribution < 1.29 is 37.9 Å². The predicted octanol–water partition coefficient (Wildman–Crippen LogP) is 6.54. The standard InChI is InChI=1S/C40H42O8/c1-4-28(16-32(7-1)42-20-36-24-46-36)39(27-10-12-31(13-11-27)41-19-35-23-45-35)14-15-40(29-5-2-8-33(17-29)43-21-37-25-47-37)30-6-3-9-34(18-30)44-22-38-26-48-38/h1-13,16-18,35-40H,14-15,19-26H2. The number of rotatable bonds is 19. The quantitative estimate of drug-likeness (QED) is 0.106. The summed E-state index contributed by atoms with van der Waals surface area (Å²) in [5.41, 5.74) is 4.86. The minimum atomic E-state index is 0.113. The molecule has 0 amide bonds. The third-order valence-corrected chi connectivity index (χ3v) is 9.16. The molecule has 4 aromatic carbocycles. The molecular formula is C40H42O8. The lowest BCUT2D eigenvalue weighted by Gasteiger charge is -2.24. The molecule has 5 atom stereocenters. The molecule has 4 aromatic rings. The summed E-state index contributed by atoms with van der Waals surface area (Å²) in [5.74, 6) is 3.68. The van der Waals surface area contributed by atoms with Crippen LogP contribution in [0.2, 0.25) is 0 Å². The Hall–Kier alpha value is -4.08. The smallest absolute Gasteiger partial charge is 0.119 e. The normalized spacial score (nSPS) is 23.1. The van der Waals surface area contributed by atoms with Crippen LogP contribution < -0.4 is 18.9 Å². The maximum atomic E-state index is 6.12. The SMILES string of the molecule is c1cc(OCC2CO2)cc(C(CCC(c2cccc(OCC3CO3)c2)c2cccc(OCC3CO3)c2)c2ccc(OCC3CO3)cc2)c1. The summed E-state index contributed by atoms with van der Waals surface area (Å²) >= 11 is 0. The third kappa shape index (κ3) is 8.88. The van der Waals surface area contributed by atoms with Crippen molar-refractivity contribution in [2.45, 2.75) is 49.1 Å². The summed E-state index contributed by atoms with van der Waals surface area (Å²) in [4.78, 5) is 0. The van der Waals surface area contributed by atoms with E-state index in [1.54, 1.807) is 0 Å². The Morgan fingerprint density at radius 3 is 1.10 bits per heavy atom. The van der Waals surface area contributed by atoms with Crippen molar-refractivity contribution in [3.63, 3.8) is 0 Å². The molecule has 4 saturated heterocycles. The van der Waals surface area contributed by atoms with Gasteiger partial charge in [0.2, 0.25) is 0 Å². The van der Waals surface area contributed by atoms with Gasteiger partial charge in [-0.25, -0.2) is 0 Å². The van der Waals surface area contributed by atoms with Gasteiger partial charge in [0.25, 0.3) is 0 Å². The van der Waals surface area contributed by atoms with Crippen LogP contribution in [0.3, 0.4) is 0 Å². The highest BCUT2D eigenvalue weighted by Gasteiger charge is 2.27. The van der Waals surface area contributed by atoms with E-state index in [1.165, 1.54) is 22.3 Å². The molecule has 4 aliphatic rings. The molecule has 5 unspecified atom stereocenters. The summed E-state index contributed by atoms with van der Waals surface area (Å²) in [6.07, 6.45) is 2.61. The predicted molar refractivity (Wildman–Crippen MR) is 180 cm³/mol. The van der Waals surface area contributed by atoms with E-state index in [1.807, 2.05) is 18.2 Å². The third-order valence-electron chi connectivity index (χ3n) is 9.16. The summed E-state index contributed by atoms with van der Waals surface area (Å²) in [6, 6.07) is 34.0. The van der Waals surface area contributed by atoms with Crippen LogP contribution in [0.4, 0.5) is 0 Å². The van der Waals surface area contributed by atoms with Gasteiger partial charge < -0.3 is 37.9 Å². The molecule has 0 spiro atoms. The van der Waals surface area contributed by atoms with Gasteiger partial charge in [0.15, 0.2) is 0 Å². The zero-order chi connectivity index (χ0) is 32.1. The monoisotopic (exact) mass is 650 g/mol. The Balaban J connectivity index is 1.07. The summed E-state index contributed by atoms with van der Waals surface area (Å²) < 4.78 is 45.8. The van der Waals surface area contributed by atoms with Crippen molar-refractivity contribution in [1.82, 2.24) is 0 Å². The van der Waals surface area contributed by atoms with E-state index in [9.17, 15) is 0 Å². The van der Waals surface area contributed by atoms with E-state index in [0.717, 1.165) is 62.3 Å². The second kappa shape index (κ2) is 14.6. The maximum Gasteiger partial charge on any atom is 0.119 e. The van der Waals surface area contributed by atoms with Crippen molar-refractivity contribution in [2.24, 2.45) is 0 Å². The lowest BCUT2D eigenvalue weighted by Crippen LogP contribution is -2.10. The molecular weight excluding hydrogens is 608 g/mol. The zero-order valence-corrected chi connectivity index (χ0v) is 27.0. The Bertz CT molecular complexity index is 1580. The van der Waals surface area contributed by atoms with E-state index in [-0.39, 0.29) is 36.3 Å². The number of benzene rings is 4. The number of hydrogen-bond donors (Lipinski definition) is 0. The number of ether oxygens (including phenoxy) is 8. The van der Waals surface area contributed by atoms with Crippen LogP contribution in [0.25, 0.3) is 0 Å². The van der Waals surface area contributed by atoms with E-state index in [4.69, 9.17) is 37.9 Å². The zero-order valence-electron chi connectivity index (χ0n) is 27.0. The molecule has 48 heavy (non-hydrogen) atoms. The van der Waals surface area contributed by atoms with Crippen molar-refractivity contribution in [2.75, 3.05) is 52.9 Å². The fourth-order valence-electron chi connectivity index (χ4n) is 6.06. The molecule has 0 radical (unpaired) electrons. The Morgan fingerprint density at radius 1 is 0.417 bits per heavy atom. The molecule has 0 aromatic heterocycles. The highest BCUT2D eigenvalue weighted by Crippen LogP contribution is 2.39. The van der Waals surface area contributed by atoms with Gasteiger partial charge in [-0.1, -0.05) is 48.5 Å². The van der Waals surface area contributed by atoms with Crippen LogP contribution in [0.1, 0.15) is 46.9 Å². The second-order valence-electron chi connectivity index (χ2n) is 13.0. The first-order valence-corrected chi connectivity index (χ1v) is 17.1. The first-order valence-electron chi connectivity index (χ1n) is 17.1. The van der Waals surface area contributed by atoms with Gasteiger partial charge >= 0.3 is 0 Å². The average Bonchev–Trinajstić information content (AvgIpc) is 3.94. The van der Waals surface area contributed by atoms with E-state index in [0.29, 0.717) is 26.4 Å². The van der Waals surface area contributed by atoms with Crippen LogP contribution in [0, 0.1) is 0 Å². The molecule has 4 aliphatic heterocycles. The molecule has 0 bridgehead atoms. The maximum absolute atomic E-state index is 6.12. The van der Waals surface area contributed by atoms with Crippen molar-refractivity contribution in [1.29, 1.82) is 0 Å². The van der Waals surface area contributed by atoms with E-state index < -0.39 is 0 Å². The Labute approximate surface area is 281 Å². The summed E-state index contributed by atoms with van der Waals surface area (Å²) in [7, 11) is 0. The van der Waals surface area contributed by atoms with E-state index >= 15 is 0 Å². The van der Waals surface area contributed by atoms with Gasteiger partial charge in [0, 0.05) is 11.8 Å². The highest BCUT2D eigenvalue weighted by molar-refractivity contribution is 5.42.